The molecule has 0 bridgehead atoms. The average molecular weight is 224 g/mol. The highest BCUT2D eigenvalue weighted by atomic mass is 19.1. The maximum atomic E-state index is 13.4. The molecule has 0 spiro atoms. The fourth-order valence-electron chi connectivity index (χ4n) is 1.63. The zero-order valence-electron chi connectivity index (χ0n) is 9.92. The molecule has 0 fully saturated rings. The molecule has 0 amide bonds. The van der Waals surface area contributed by atoms with Crippen LogP contribution in [0.5, 0.6) is 5.75 Å². The molecule has 1 unspecified atom stereocenters. The lowest BCUT2D eigenvalue weighted by atomic mass is 10.1. The number of ketones is 1. The molecular formula is C13H17FO2. The normalized spacial score (nSPS) is 12.2. The highest BCUT2D eigenvalue weighted by molar-refractivity contribution is 5.97. The smallest absolute Gasteiger partial charge is 0.166 e. The molecule has 3 heteroatoms. The summed E-state index contributed by atoms with van der Waals surface area (Å²) in [6.45, 7) is 5.31. The minimum atomic E-state index is -0.520. The molecule has 0 heterocycles. The molecule has 0 saturated heterocycles. The standard InChI is InChI=1S/C13H17FO2/c1-4-6-9(2)16-12-8-5-7-11(14)13(12)10(3)15/h5,7-9H,4,6H2,1-3H3. The van der Waals surface area contributed by atoms with Gasteiger partial charge in [-0.1, -0.05) is 19.4 Å². The van der Waals surface area contributed by atoms with Gasteiger partial charge in [0.1, 0.15) is 11.6 Å². The first-order chi connectivity index (χ1) is 7.56. The van der Waals surface area contributed by atoms with E-state index in [2.05, 4.69) is 6.92 Å². The molecule has 2 nitrogen and oxygen atoms in total. The molecule has 16 heavy (non-hydrogen) atoms. The Bertz CT molecular complexity index is 374. The van der Waals surface area contributed by atoms with E-state index in [9.17, 15) is 9.18 Å². The van der Waals surface area contributed by atoms with E-state index in [0.717, 1.165) is 12.8 Å². The molecule has 0 aliphatic rings. The Morgan fingerprint density at radius 3 is 2.75 bits per heavy atom. The minimum Gasteiger partial charge on any atom is -0.490 e. The zero-order chi connectivity index (χ0) is 12.1. The van der Waals surface area contributed by atoms with Crippen molar-refractivity contribution in [2.24, 2.45) is 0 Å². The van der Waals surface area contributed by atoms with Gasteiger partial charge in [0.2, 0.25) is 0 Å². The highest BCUT2D eigenvalue weighted by Crippen LogP contribution is 2.23. The van der Waals surface area contributed by atoms with Crippen molar-refractivity contribution >= 4 is 5.78 Å². The first-order valence-corrected chi connectivity index (χ1v) is 5.52. The Morgan fingerprint density at radius 2 is 2.19 bits per heavy atom. The summed E-state index contributed by atoms with van der Waals surface area (Å²) in [6.07, 6.45) is 1.87. The monoisotopic (exact) mass is 224 g/mol. The topological polar surface area (TPSA) is 26.3 Å². The second-order valence-corrected chi connectivity index (χ2v) is 3.89. The first kappa shape index (κ1) is 12.7. The third-order valence-electron chi connectivity index (χ3n) is 2.35. The van der Waals surface area contributed by atoms with Crippen LogP contribution in [0.25, 0.3) is 0 Å². The van der Waals surface area contributed by atoms with Gasteiger partial charge in [-0.05, 0) is 32.4 Å². The Morgan fingerprint density at radius 1 is 1.50 bits per heavy atom. The van der Waals surface area contributed by atoms with Crippen LogP contribution in [0.1, 0.15) is 44.0 Å². The van der Waals surface area contributed by atoms with Gasteiger partial charge in [0, 0.05) is 0 Å². The fourth-order valence-corrected chi connectivity index (χ4v) is 1.63. The predicted octanol–water partition coefficient (Wildman–Crippen LogP) is 3.60. The second-order valence-electron chi connectivity index (χ2n) is 3.89. The molecular weight excluding hydrogens is 207 g/mol. The quantitative estimate of drug-likeness (QED) is 0.714. The first-order valence-electron chi connectivity index (χ1n) is 5.52. The van der Waals surface area contributed by atoms with Crippen molar-refractivity contribution in [3.63, 3.8) is 0 Å². The lowest BCUT2D eigenvalue weighted by molar-refractivity contribution is 0.100. The Balaban J connectivity index is 2.95. The SMILES string of the molecule is CCCC(C)Oc1cccc(F)c1C(C)=O. The van der Waals surface area contributed by atoms with Crippen LogP contribution >= 0.6 is 0 Å². The van der Waals surface area contributed by atoms with Crippen LogP contribution in [0.4, 0.5) is 4.39 Å². The van der Waals surface area contributed by atoms with E-state index in [1.807, 2.05) is 6.92 Å². The van der Waals surface area contributed by atoms with Gasteiger partial charge in [0.05, 0.1) is 11.7 Å². The van der Waals surface area contributed by atoms with Gasteiger partial charge in [-0.2, -0.15) is 0 Å². The summed E-state index contributed by atoms with van der Waals surface area (Å²) < 4.78 is 19.0. The Kier molecular flexibility index (Phi) is 4.47. The molecule has 0 saturated carbocycles. The summed E-state index contributed by atoms with van der Waals surface area (Å²) in [5, 5.41) is 0. The van der Waals surface area contributed by atoms with Crippen LogP contribution in [0.15, 0.2) is 18.2 Å². The summed E-state index contributed by atoms with van der Waals surface area (Å²) in [5.41, 5.74) is 0.0467. The van der Waals surface area contributed by atoms with Crippen molar-refractivity contribution in [3.05, 3.63) is 29.6 Å². The highest BCUT2D eigenvalue weighted by Gasteiger charge is 2.15. The van der Waals surface area contributed by atoms with Gasteiger partial charge in [0.15, 0.2) is 5.78 Å². The third kappa shape index (κ3) is 3.05. The summed E-state index contributed by atoms with van der Waals surface area (Å²) >= 11 is 0. The number of hydrogen-bond acceptors (Lipinski definition) is 2. The maximum Gasteiger partial charge on any atom is 0.166 e. The molecule has 88 valence electrons. The molecule has 0 aliphatic heterocycles. The van der Waals surface area contributed by atoms with Gasteiger partial charge >= 0.3 is 0 Å². The van der Waals surface area contributed by atoms with E-state index in [1.165, 1.54) is 13.0 Å². The number of Topliss-reactive ketones (excluding diaryl/α,β-unsaturated/α-hetero) is 1. The maximum absolute atomic E-state index is 13.4. The van der Waals surface area contributed by atoms with E-state index in [-0.39, 0.29) is 17.5 Å². The number of halogens is 1. The fraction of sp³-hybridized carbons (Fsp3) is 0.462. The van der Waals surface area contributed by atoms with Gasteiger partial charge in [-0.15, -0.1) is 0 Å². The predicted molar refractivity (Wildman–Crippen MR) is 61.4 cm³/mol. The summed E-state index contributed by atoms with van der Waals surface area (Å²) in [6, 6.07) is 4.45. The van der Waals surface area contributed by atoms with Gasteiger partial charge in [-0.3, -0.25) is 4.79 Å². The average Bonchev–Trinajstić information content (AvgIpc) is 2.17. The summed E-state index contributed by atoms with van der Waals surface area (Å²) in [7, 11) is 0. The number of carbonyl (C=O) groups excluding carboxylic acids is 1. The van der Waals surface area contributed by atoms with Crippen molar-refractivity contribution in [3.8, 4) is 5.75 Å². The van der Waals surface area contributed by atoms with Crippen molar-refractivity contribution in [1.82, 2.24) is 0 Å². The zero-order valence-corrected chi connectivity index (χ0v) is 9.92. The second kappa shape index (κ2) is 5.64. The van der Waals surface area contributed by atoms with Crippen LogP contribution in [0.2, 0.25) is 0 Å². The molecule has 0 aromatic heterocycles. The largest absolute Gasteiger partial charge is 0.490 e. The van der Waals surface area contributed by atoms with E-state index in [4.69, 9.17) is 4.74 Å². The van der Waals surface area contributed by atoms with Gasteiger partial charge < -0.3 is 4.74 Å². The number of carbonyl (C=O) groups is 1. The number of rotatable bonds is 5. The van der Waals surface area contributed by atoms with Gasteiger partial charge in [-0.25, -0.2) is 4.39 Å². The van der Waals surface area contributed by atoms with Crippen molar-refractivity contribution < 1.29 is 13.9 Å². The van der Waals surface area contributed by atoms with E-state index in [1.54, 1.807) is 12.1 Å². The molecule has 0 N–H and O–H groups in total. The molecule has 0 aliphatic carbocycles. The van der Waals surface area contributed by atoms with Crippen LogP contribution in [0.3, 0.4) is 0 Å². The number of benzene rings is 1. The van der Waals surface area contributed by atoms with Crippen LogP contribution < -0.4 is 4.74 Å². The van der Waals surface area contributed by atoms with Crippen molar-refractivity contribution in [2.45, 2.75) is 39.7 Å². The molecule has 1 aromatic rings. The number of hydrogen-bond donors (Lipinski definition) is 0. The third-order valence-corrected chi connectivity index (χ3v) is 2.35. The lowest BCUT2D eigenvalue weighted by Gasteiger charge is -2.16. The van der Waals surface area contributed by atoms with E-state index < -0.39 is 5.82 Å². The minimum absolute atomic E-state index is 0.00935. The van der Waals surface area contributed by atoms with Gasteiger partial charge in [0.25, 0.3) is 0 Å². The van der Waals surface area contributed by atoms with Crippen LogP contribution in [-0.2, 0) is 0 Å². The summed E-state index contributed by atoms with van der Waals surface area (Å²) in [5.74, 6) is -0.487. The molecule has 0 radical (unpaired) electrons. The molecule has 1 atom stereocenters. The molecule has 1 aromatic carbocycles. The lowest BCUT2D eigenvalue weighted by Crippen LogP contribution is -2.14. The van der Waals surface area contributed by atoms with E-state index >= 15 is 0 Å². The van der Waals surface area contributed by atoms with Crippen molar-refractivity contribution in [1.29, 1.82) is 0 Å². The Labute approximate surface area is 95.4 Å². The van der Waals surface area contributed by atoms with Crippen LogP contribution in [-0.4, -0.2) is 11.9 Å². The molecule has 1 rings (SSSR count). The Hall–Kier alpha value is -1.38. The van der Waals surface area contributed by atoms with Crippen LogP contribution in [0, 0.1) is 5.82 Å². The number of ether oxygens (including phenoxy) is 1. The summed E-state index contributed by atoms with van der Waals surface area (Å²) in [4.78, 5) is 11.3. The van der Waals surface area contributed by atoms with Crippen molar-refractivity contribution in [2.75, 3.05) is 0 Å². The van der Waals surface area contributed by atoms with E-state index in [0.29, 0.717) is 5.75 Å².